The van der Waals surface area contributed by atoms with Gasteiger partial charge >= 0.3 is 0 Å². The molecule has 2 heterocycles. The number of rotatable bonds is 6. The van der Waals surface area contributed by atoms with Gasteiger partial charge in [0.15, 0.2) is 0 Å². The van der Waals surface area contributed by atoms with Gasteiger partial charge in [0.05, 0.1) is 29.5 Å². The zero-order valence-corrected chi connectivity index (χ0v) is 18.5. The minimum Gasteiger partial charge on any atom is -0.379 e. The van der Waals surface area contributed by atoms with Crippen LogP contribution >= 0.6 is 0 Å². The number of halogens is 1. The summed E-state index contributed by atoms with van der Waals surface area (Å²) >= 11 is 0. The summed E-state index contributed by atoms with van der Waals surface area (Å²) in [5.74, 6) is -0.805. The molecule has 2 aromatic carbocycles. The number of hydrogen-bond acceptors (Lipinski definition) is 5. The maximum Gasteiger partial charge on any atom is 0.248 e. The molecule has 0 atom stereocenters. The van der Waals surface area contributed by atoms with Gasteiger partial charge in [-0.2, -0.15) is 4.31 Å². The van der Waals surface area contributed by atoms with Crippen molar-refractivity contribution in [3.05, 3.63) is 59.9 Å². The SMILES string of the molecule is O=C(/C=C/c1cccc(F)c1)Nc1cc(S(=O)(=O)N2CCOCC2)ccc1N1CCCC1. The highest BCUT2D eigenvalue weighted by Gasteiger charge is 2.28. The number of nitrogens with one attached hydrogen (secondary N) is 1. The van der Waals surface area contributed by atoms with E-state index in [4.69, 9.17) is 4.74 Å². The van der Waals surface area contributed by atoms with Crippen LogP contribution in [-0.4, -0.2) is 58.0 Å². The number of carbonyl (C=O) groups is 1. The molecule has 1 amide bonds. The maximum atomic E-state index is 13.4. The lowest BCUT2D eigenvalue weighted by atomic mass is 10.2. The number of nitrogens with zero attached hydrogens (tertiary/aromatic N) is 2. The Labute approximate surface area is 187 Å². The van der Waals surface area contributed by atoms with E-state index in [-0.39, 0.29) is 10.7 Å². The molecule has 0 unspecified atom stereocenters. The fraction of sp³-hybridized carbons (Fsp3) is 0.348. The summed E-state index contributed by atoms with van der Waals surface area (Å²) in [6, 6.07) is 10.8. The van der Waals surface area contributed by atoms with E-state index in [0.29, 0.717) is 37.6 Å². The molecule has 9 heteroatoms. The average molecular weight is 460 g/mol. The highest BCUT2D eigenvalue weighted by Crippen LogP contribution is 2.32. The number of hydrogen-bond donors (Lipinski definition) is 1. The van der Waals surface area contributed by atoms with Gasteiger partial charge in [-0.3, -0.25) is 4.79 Å². The monoisotopic (exact) mass is 459 g/mol. The lowest BCUT2D eigenvalue weighted by molar-refractivity contribution is -0.111. The van der Waals surface area contributed by atoms with Crippen molar-refractivity contribution < 1.29 is 22.3 Å². The molecule has 170 valence electrons. The Morgan fingerprint density at radius 2 is 1.78 bits per heavy atom. The van der Waals surface area contributed by atoms with Gasteiger partial charge in [0.1, 0.15) is 5.82 Å². The van der Waals surface area contributed by atoms with Crippen molar-refractivity contribution in [2.24, 2.45) is 0 Å². The molecule has 32 heavy (non-hydrogen) atoms. The van der Waals surface area contributed by atoms with Crippen LogP contribution in [0, 0.1) is 5.82 Å². The van der Waals surface area contributed by atoms with Gasteiger partial charge in [0.25, 0.3) is 0 Å². The third kappa shape index (κ3) is 5.17. The van der Waals surface area contributed by atoms with Crippen LogP contribution in [0.5, 0.6) is 0 Å². The second-order valence-electron chi connectivity index (χ2n) is 7.77. The van der Waals surface area contributed by atoms with E-state index in [1.165, 1.54) is 34.7 Å². The molecule has 4 rings (SSSR count). The Morgan fingerprint density at radius 1 is 1.03 bits per heavy atom. The molecular formula is C23H26FN3O4S. The lowest BCUT2D eigenvalue weighted by Gasteiger charge is -2.27. The van der Waals surface area contributed by atoms with Gasteiger partial charge in [-0.1, -0.05) is 12.1 Å². The van der Waals surface area contributed by atoms with E-state index < -0.39 is 15.9 Å². The van der Waals surface area contributed by atoms with Crippen LogP contribution in [0.1, 0.15) is 18.4 Å². The first kappa shape index (κ1) is 22.4. The van der Waals surface area contributed by atoms with Crippen molar-refractivity contribution in [3.63, 3.8) is 0 Å². The highest BCUT2D eigenvalue weighted by atomic mass is 32.2. The largest absolute Gasteiger partial charge is 0.379 e. The molecule has 0 aromatic heterocycles. The van der Waals surface area contributed by atoms with Crippen LogP contribution in [-0.2, 0) is 19.6 Å². The Hall–Kier alpha value is -2.75. The van der Waals surface area contributed by atoms with E-state index in [0.717, 1.165) is 31.6 Å². The van der Waals surface area contributed by atoms with Crippen LogP contribution in [0.4, 0.5) is 15.8 Å². The summed E-state index contributed by atoms with van der Waals surface area (Å²) in [6.45, 7) is 3.01. The van der Waals surface area contributed by atoms with Gasteiger partial charge in [-0.15, -0.1) is 0 Å². The second kappa shape index (κ2) is 9.81. The number of benzene rings is 2. The molecule has 2 saturated heterocycles. The second-order valence-corrected chi connectivity index (χ2v) is 9.71. The number of sulfonamides is 1. The standard InChI is InChI=1S/C23H26FN3O4S/c24-19-5-3-4-18(16-19)6-9-23(28)25-21-17-20(7-8-22(21)26-10-1-2-11-26)32(29,30)27-12-14-31-15-13-27/h3-9,16-17H,1-2,10-15H2,(H,25,28)/b9-6+. The van der Waals surface area contributed by atoms with Crippen LogP contribution in [0.25, 0.3) is 6.08 Å². The molecule has 2 aromatic rings. The van der Waals surface area contributed by atoms with Crippen LogP contribution in [0.15, 0.2) is 53.4 Å². The fourth-order valence-electron chi connectivity index (χ4n) is 3.90. The molecule has 0 spiro atoms. The van der Waals surface area contributed by atoms with Crippen LogP contribution in [0.2, 0.25) is 0 Å². The quantitative estimate of drug-likeness (QED) is 0.672. The van der Waals surface area contributed by atoms with E-state index in [1.54, 1.807) is 24.3 Å². The number of carbonyl (C=O) groups excluding carboxylic acids is 1. The zero-order valence-electron chi connectivity index (χ0n) is 17.7. The van der Waals surface area contributed by atoms with Gasteiger partial charge in [-0.05, 0) is 54.8 Å². The first-order valence-corrected chi connectivity index (χ1v) is 12.1. The molecule has 2 aliphatic heterocycles. The van der Waals surface area contributed by atoms with Crippen molar-refractivity contribution in [3.8, 4) is 0 Å². The molecule has 0 radical (unpaired) electrons. The minimum atomic E-state index is -3.70. The predicted octanol–water partition coefficient (Wildman–Crippen LogP) is 3.10. The van der Waals surface area contributed by atoms with E-state index in [2.05, 4.69) is 10.2 Å². The van der Waals surface area contributed by atoms with Crippen molar-refractivity contribution in [1.29, 1.82) is 0 Å². The van der Waals surface area contributed by atoms with Crippen LogP contribution in [0.3, 0.4) is 0 Å². The summed E-state index contributed by atoms with van der Waals surface area (Å²) in [7, 11) is -3.70. The molecule has 0 bridgehead atoms. The smallest absolute Gasteiger partial charge is 0.248 e. The highest BCUT2D eigenvalue weighted by molar-refractivity contribution is 7.89. The molecule has 0 saturated carbocycles. The van der Waals surface area contributed by atoms with Crippen molar-refractivity contribution in [2.45, 2.75) is 17.7 Å². The average Bonchev–Trinajstić information content (AvgIpc) is 3.33. The summed E-state index contributed by atoms with van der Waals surface area (Å²) in [5, 5.41) is 2.82. The summed E-state index contributed by atoms with van der Waals surface area (Å²) in [5.41, 5.74) is 1.79. The molecule has 0 aliphatic carbocycles. The van der Waals surface area contributed by atoms with Crippen molar-refractivity contribution >= 4 is 33.4 Å². The molecular weight excluding hydrogens is 433 g/mol. The summed E-state index contributed by atoms with van der Waals surface area (Å²) in [6.07, 6.45) is 4.91. The number of anilines is 2. The Bertz CT molecular complexity index is 1110. The van der Waals surface area contributed by atoms with Crippen molar-refractivity contribution in [2.75, 3.05) is 49.6 Å². The van der Waals surface area contributed by atoms with Gasteiger partial charge < -0.3 is 15.0 Å². The zero-order chi connectivity index (χ0) is 22.6. The fourth-order valence-corrected chi connectivity index (χ4v) is 5.34. The first-order chi connectivity index (χ1) is 15.4. The normalized spacial score (nSPS) is 17.7. The molecule has 1 N–H and O–H groups in total. The topological polar surface area (TPSA) is 79.0 Å². The first-order valence-electron chi connectivity index (χ1n) is 10.6. The van der Waals surface area contributed by atoms with E-state index >= 15 is 0 Å². The van der Waals surface area contributed by atoms with Crippen molar-refractivity contribution in [1.82, 2.24) is 4.31 Å². The Morgan fingerprint density at radius 3 is 2.50 bits per heavy atom. The third-order valence-electron chi connectivity index (χ3n) is 5.56. The summed E-state index contributed by atoms with van der Waals surface area (Å²) in [4.78, 5) is 14.9. The molecule has 2 aliphatic rings. The van der Waals surface area contributed by atoms with E-state index in [9.17, 15) is 17.6 Å². The Kier molecular flexibility index (Phi) is 6.88. The van der Waals surface area contributed by atoms with Gasteiger partial charge in [0, 0.05) is 32.3 Å². The maximum absolute atomic E-state index is 13.4. The third-order valence-corrected chi connectivity index (χ3v) is 7.45. The Balaban J connectivity index is 1.60. The van der Waals surface area contributed by atoms with Gasteiger partial charge in [0.2, 0.25) is 15.9 Å². The number of morpholine rings is 1. The minimum absolute atomic E-state index is 0.131. The van der Waals surface area contributed by atoms with E-state index in [1.807, 2.05) is 0 Å². The van der Waals surface area contributed by atoms with Gasteiger partial charge in [-0.25, -0.2) is 12.8 Å². The molecule has 2 fully saturated rings. The van der Waals surface area contributed by atoms with Crippen LogP contribution < -0.4 is 10.2 Å². The molecule has 7 nitrogen and oxygen atoms in total. The lowest BCUT2D eigenvalue weighted by Crippen LogP contribution is -2.40. The predicted molar refractivity (Wildman–Crippen MR) is 122 cm³/mol. The number of amides is 1. The summed E-state index contributed by atoms with van der Waals surface area (Å²) < 4.78 is 46.2. The number of ether oxygens (including phenoxy) is 1.